The van der Waals surface area contributed by atoms with Crippen LogP contribution in [0.4, 0.5) is 0 Å². The molecule has 0 saturated heterocycles. The van der Waals surface area contributed by atoms with Crippen molar-refractivity contribution in [3.63, 3.8) is 0 Å². The van der Waals surface area contributed by atoms with Crippen molar-refractivity contribution in [2.75, 3.05) is 12.4 Å². The molecular formula is C8H14OS. The van der Waals surface area contributed by atoms with Gasteiger partial charge in [0.05, 0.1) is 12.7 Å². The fourth-order valence-electron chi connectivity index (χ4n) is 0.818. The van der Waals surface area contributed by atoms with E-state index in [-0.39, 0.29) is 0 Å². The fraction of sp³-hybridized carbons (Fsp3) is 0.750. The number of hydrogen-bond donors (Lipinski definition) is 0. The van der Waals surface area contributed by atoms with Gasteiger partial charge in [-0.05, 0) is 24.3 Å². The van der Waals surface area contributed by atoms with Crippen LogP contribution >= 0.6 is 11.8 Å². The molecule has 10 heavy (non-hydrogen) atoms. The second kappa shape index (κ2) is 4.04. The van der Waals surface area contributed by atoms with Gasteiger partial charge in [0.25, 0.3) is 0 Å². The van der Waals surface area contributed by atoms with Crippen molar-refractivity contribution < 1.29 is 4.74 Å². The largest absolute Gasteiger partial charge is 0.373 e. The van der Waals surface area contributed by atoms with Gasteiger partial charge in [-0.2, -0.15) is 0 Å². The van der Waals surface area contributed by atoms with E-state index in [1.165, 1.54) is 5.57 Å². The Bertz CT molecular complexity index is 131. The molecule has 1 heterocycles. The quantitative estimate of drug-likeness (QED) is 0.579. The summed E-state index contributed by atoms with van der Waals surface area (Å²) in [5.41, 5.74) is 1.43. The molecule has 0 bridgehead atoms. The molecule has 0 N–H and O–H groups in total. The number of thioether (sulfide) groups is 1. The second-order valence-electron chi connectivity index (χ2n) is 2.58. The normalized spacial score (nSPS) is 27.4. The van der Waals surface area contributed by atoms with Gasteiger partial charge in [-0.1, -0.05) is 6.92 Å². The summed E-state index contributed by atoms with van der Waals surface area (Å²) in [6.45, 7) is 5.13. The minimum atomic E-state index is 0.422. The third kappa shape index (κ3) is 2.35. The molecule has 0 aromatic rings. The molecule has 1 rings (SSSR count). The van der Waals surface area contributed by atoms with Gasteiger partial charge in [0.1, 0.15) is 0 Å². The third-order valence-electron chi connectivity index (χ3n) is 1.59. The fourth-order valence-corrected chi connectivity index (χ4v) is 1.75. The highest BCUT2D eigenvalue weighted by Gasteiger charge is 2.06. The van der Waals surface area contributed by atoms with Gasteiger partial charge in [0, 0.05) is 5.75 Å². The van der Waals surface area contributed by atoms with Gasteiger partial charge in [0.2, 0.25) is 0 Å². The molecule has 1 aliphatic heterocycles. The Kier molecular flexibility index (Phi) is 3.29. The maximum Gasteiger partial charge on any atom is 0.0688 e. The van der Waals surface area contributed by atoms with Crippen LogP contribution in [0.2, 0.25) is 0 Å². The van der Waals surface area contributed by atoms with Gasteiger partial charge in [-0.15, -0.1) is 11.8 Å². The molecule has 0 amide bonds. The predicted molar refractivity (Wildman–Crippen MR) is 46.2 cm³/mol. The SMILES string of the molecule is CCC1=CSCC(C)OC1. The molecule has 0 radical (unpaired) electrons. The van der Waals surface area contributed by atoms with Crippen molar-refractivity contribution in [2.24, 2.45) is 0 Å². The van der Waals surface area contributed by atoms with E-state index >= 15 is 0 Å². The minimum Gasteiger partial charge on any atom is -0.373 e. The number of hydrogen-bond acceptors (Lipinski definition) is 2. The lowest BCUT2D eigenvalue weighted by Crippen LogP contribution is -2.10. The van der Waals surface area contributed by atoms with Gasteiger partial charge < -0.3 is 4.74 Å². The molecular weight excluding hydrogens is 144 g/mol. The first kappa shape index (κ1) is 8.15. The maximum atomic E-state index is 5.52. The zero-order chi connectivity index (χ0) is 7.40. The molecule has 0 aliphatic carbocycles. The smallest absolute Gasteiger partial charge is 0.0688 e. The number of rotatable bonds is 1. The van der Waals surface area contributed by atoms with Crippen LogP contribution in [0, 0.1) is 0 Å². The van der Waals surface area contributed by atoms with E-state index in [2.05, 4.69) is 19.3 Å². The zero-order valence-corrected chi connectivity index (χ0v) is 7.41. The van der Waals surface area contributed by atoms with E-state index in [1.807, 2.05) is 11.8 Å². The van der Waals surface area contributed by atoms with Crippen molar-refractivity contribution in [3.05, 3.63) is 11.0 Å². The predicted octanol–water partition coefficient (Wildman–Crippen LogP) is 2.43. The molecule has 1 aliphatic rings. The first-order valence-electron chi connectivity index (χ1n) is 3.74. The Morgan fingerprint density at radius 1 is 1.80 bits per heavy atom. The summed E-state index contributed by atoms with van der Waals surface area (Å²) in [5.74, 6) is 1.10. The lowest BCUT2D eigenvalue weighted by molar-refractivity contribution is 0.101. The Morgan fingerprint density at radius 2 is 2.60 bits per heavy atom. The second-order valence-corrected chi connectivity index (χ2v) is 3.49. The van der Waals surface area contributed by atoms with Crippen molar-refractivity contribution >= 4 is 11.8 Å². The van der Waals surface area contributed by atoms with Gasteiger partial charge in [-0.25, -0.2) is 0 Å². The molecule has 1 atom stereocenters. The summed E-state index contributed by atoms with van der Waals surface area (Å²) in [6.07, 6.45) is 1.55. The lowest BCUT2D eigenvalue weighted by atomic mass is 10.2. The van der Waals surface area contributed by atoms with Gasteiger partial charge >= 0.3 is 0 Å². The monoisotopic (exact) mass is 158 g/mol. The molecule has 0 aromatic heterocycles. The Morgan fingerprint density at radius 3 is 3.30 bits per heavy atom. The summed E-state index contributed by atoms with van der Waals surface area (Å²) in [5, 5.41) is 2.24. The van der Waals surface area contributed by atoms with Crippen LogP contribution < -0.4 is 0 Å². The first-order chi connectivity index (χ1) is 4.83. The van der Waals surface area contributed by atoms with Crippen molar-refractivity contribution in [1.82, 2.24) is 0 Å². The van der Waals surface area contributed by atoms with Crippen LogP contribution in [-0.2, 0) is 4.74 Å². The van der Waals surface area contributed by atoms with Gasteiger partial charge in [0.15, 0.2) is 0 Å². The first-order valence-corrected chi connectivity index (χ1v) is 4.79. The molecule has 0 fully saturated rings. The molecule has 58 valence electrons. The summed E-state index contributed by atoms with van der Waals surface area (Å²) in [7, 11) is 0. The highest BCUT2D eigenvalue weighted by molar-refractivity contribution is 8.02. The molecule has 0 saturated carbocycles. The topological polar surface area (TPSA) is 9.23 Å². The van der Waals surface area contributed by atoms with E-state index < -0.39 is 0 Å². The van der Waals surface area contributed by atoms with Crippen LogP contribution in [0.25, 0.3) is 0 Å². The lowest BCUT2D eigenvalue weighted by Gasteiger charge is -2.07. The summed E-state index contributed by atoms with van der Waals surface area (Å²) >= 11 is 1.87. The standard InChI is InChI=1S/C8H14OS/c1-3-8-4-9-7(2)5-10-6-8/h6-7H,3-5H2,1-2H3. The highest BCUT2D eigenvalue weighted by Crippen LogP contribution is 2.17. The summed E-state index contributed by atoms with van der Waals surface area (Å²) < 4.78 is 5.52. The Labute approximate surface area is 66.8 Å². The Hall–Kier alpha value is 0.0500. The molecule has 0 aromatic carbocycles. The van der Waals surface area contributed by atoms with E-state index in [4.69, 9.17) is 4.74 Å². The maximum absolute atomic E-state index is 5.52. The number of ether oxygens (including phenoxy) is 1. The van der Waals surface area contributed by atoms with Crippen LogP contribution in [0.5, 0.6) is 0 Å². The van der Waals surface area contributed by atoms with E-state index in [0.717, 1.165) is 18.8 Å². The molecule has 0 spiro atoms. The van der Waals surface area contributed by atoms with Crippen LogP contribution in [0.3, 0.4) is 0 Å². The third-order valence-corrected chi connectivity index (χ3v) is 2.75. The van der Waals surface area contributed by atoms with Crippen molar-refractivity contribution in [3.8, 4) is 0 Å². The molecule has 2 heteroatoms. The van der Waals surface area contributed by atoms with Crippen LogP contribution in [-0.4, -0.2) is 18.5 Å². The van der Waals surface area contributed by atoms with E-state index in [9.17, 15) is 0 Å². The van der Waals surface area contributed by atoms with Crippen molar-refractivity contribution in [1.29, 1.82) is 0 Å². The van der Waals surface area contributed by atoms with E-state index in [1.54, 1.807) is 0 Å². The average Bonchev–Trinajstić information content (AvgIpc) is 2.14. The van der Waals surface area contributed by atoms with Crippen molar-refractivity contribution in [2.45, 2.75) is 26.4 Å². The molecule has 1 unspecified atom stereocenters. The minimum absolute atomic E-state index is 0.422. The van der Waals surface area contributed by atoms with Gasteiger partial charge in [-0.3, -0.25) is 0 Å². The Balaban J connectivity index is 2.40. The average molecular weight is 158 g/mol. The summed E-state index contributed by atoms with van der Waals surface area (Å²) in [4.78, 5) is 0. The van der Waals surface area contributed by atoms with E-state index in [0.29, 0.717) is 6.10 Å². The zero-order valence-electron chi connectivity index (χ0n) is 6.59. The van der Waals surface area contributed by atoms with Crippen LogP contribution in [0.15, 0.2) is 11.0 Å². The molecule has 1 nitrogen and oxygen atoms in total. The highest BCUT2D eigenvalue weighted by atomic mass is 32.2. The van der Waals surface area contributed by atoms with Crippen LogP contribution in [0.1, 0.15) is 20.3 Å². The summed E-state index contributed by atoms with van der Waals surface area (Å²) in [6, 6.07) is 0.